The maximum atomic E-state index is 9.14. The predicted octanol–water partition coefficient (Wildman–Crippen LogP) is 2.75. The van der Waals surface area contributed by atoms with E-state index in [1.807, 2.05) is 10.8 Å². The van der Waals surface area contributed by atoms with E-state index in [-0.39, 0.29) is 5.75 Å². The lowest BCUT2D eigenvalue weighted by Crippen LogP contribution is -1.97. The molecule has 0 aliphatic carbocycles. The summed E-state index contributed by atoms with van der Waals surface area (Å²) in [5.74, 6) is 0.961. The highest BCUT2D eigenvalue weighted by Crippen LogP contribution is 2.17. The molecule has 1 N–H and O–H groups in total. The van der Waals surface area contributed by atoms with Crippen LogP contribution in [-0.2, 0) is 6.61 Å². The summed E-state index contributed by atoms with van der Waals surface area (Å²) in [5, 5.41) is 9.14. The van der Waals surface area contributed by atoms with E-state index < -0.39 is 0 Å². The molecule has 0 amide bonds. The number of ether oxygens (including phenoxy) is 1. The smallest absolute Gasteiger partial charge is 0.132 e. The van der Waals surface area contributed by atoms with E-state index in [2.05, 4.69) is 18.8 Å². The Hall–Kier alpha value is -1.97. The zero-order valence-electron chi connectivity index (χ0n) is 10.00. The predicted molar refractivity (Wildman–Crippen MR) is 65.1 cm³/mol. The minimum Gasteiger partial charge on any atom is -0.508 e. The lowest BCUT2D eigenvalue weighted by molar-refractivity contribution is 0.301. The van der Waals surface area contributed by atoms with Gasteiger partial charge in [0.1, 0.15) is 18.1 Å². The van der Waals surface area contributed by atoms with Crippen LogP contribution in [0.5, 0.6) is 11.5 Å². The van der Waals surface area contributed by atoms with Crippen LogP contribution in [0.2, 0.25) is 0 Å². The Kier molecular flexibility index (Phi) is 3.32. The van der Waals surface area contributed by atoms with Crippen molar-refractivity contribution >= 4 is 0 Å². The minimum atomic E-state index is 0.237. The Balaban J connectivity index is 1.95. The lowest BCUT2D eigenvalue weighted by Gasteiger charge is -2.05. The van der Waals surface area contributed by atoms with Crippen LogP contribution in [0.4, 0.5) is 0 Å². The van der Waals surface area contributed by atoms with E-state index in [0.29, 0.717) is 12.6 Å². The largest absolute Gasteiger partial charge is 0.508 e. The number of imidazole rings is 1. The van der Waals surface area contributed by atoms with Crippen molar-refractivity contribution in [3.63, 3.8) is 0 Å². The number of rotatable bonds is 4. The van der Waals surface area contributed by atoms with E-state index >= 15 is 0 Å². The standard InChI is InChI=1S/C13H16N2O2/c1-10(2)15-7-11(14-9-15)8-17-13-5-3-12(16)4-6-13/h3-7,9-10,16H,8H2,1-2H3. The monoisotopic (exact) mass is 232 g/mol. The molecule has 1 aromatic heterocycles. The molecular weight excluding hydrogens is 216 g/mol. The summed E-state index contributed by atoms with van der Waals surface area (Å²) in [6.45, 7) is 4.64. The Morgan fingerprint density at radius 3 is 2.59 bits per heavy atom. The molecule has 90 valence electrons. The SMILES string of the molecule is CC(C)n1cnc(COc2ccc(O)cc2)c1. The van der Waals surface area contributed by atoms with Gasteiger partial charge in [0.2, 0.25) is 0 Å². The van der Waals surface area contributed by atoms with Gasteiger partial charge in [-0.15, -0.1) is 0 Å². The molecule has 0 atom stereocenters. The van der Waals surface area contributed by atoms with Crippen molar-refractivity contribution in [3.8, 4) is 11.5 Å². The molecule has 4 heteroatoms. The molecule has 0 bridgehead atoms. The van der Waals surface area contributed by atoms with E-state index in [0.717, 1.165) is 11.4 Å². The average Bonchev–Trinajstić information content (AvgIpc) is 2.77. The highest BCUT2D eigenvalue weighted by molar-refractivity contribution is 5.30. The highest BCUT2D eigenvalue weighted by Gasteiger charge is 2.02. The normalized spacial score (nSPS) is 10.8. The summed E-state index contributed by atoms with van der Waals surface area (Å²) in [7, 11) is 0. The zero-order valence-corrected chi connectivity index (χ0v) is 10.00. The first kappa shape index (κ1) is 11.5. The fourth-order valence-electron chi connectivity index (χ4n) is 1.44. The number of aromatic nitrogens is 2. The summed E-state index contributed by atoms with van der Waals surface area (Å²) in [5.41, 5.74) is 0.895. The number of aromatic hydroxyl groups is 1. The molecule has 2 rings (SSSR count). The average molecular weight is 232 g/mol. The van der Waals surface area contributed by atoms with Crippen molar-refractivity contribution in [3.05, 3.63) is 42.5 Å². The first-order valence-electron chi connectivity index (χ1n) is 5.59. The highest BCUT2D eigenvalue weighted by atomic mass is 16.5. The third-order valence-corrected chi connectivity index (χ3v) is 2.47. The molecule has 0 saturated heterocycles. The van der Waals surface area contributed by atoms with E-state index in [1.165, 1.54) is 0 Å². The van der Waals surface area contributed by atoms with Crippen molar-refractivity contribution < 1.29 is 9.84 Å². The first-order valence-corrected chi connectivity index (χ1v) is 5.59. The second-order valence-corrected chi connectivity index (χ2v) is 4.19. The van der Waals surface area contributed by atoms with Gasteiger partial charge in [0, 0.05) is 12.2 Å². The topological polar surface area (TPSA) is 47.3 Å². The summed E-state index contributed by atoms with van der Waals surface area (Å²) in [6, 6.07) is 7.07. The third-order valence-electron chi connectivity index (χ3n) is 2.47. The van der Waals surface area contributed by atoms with E-state index in [4.69, 9.17) is 9.84 Å². The van der Waals surface area contributed by atoms with Gasteiger partial charge >= 0.3 is 0 Å². The summed E-state index contributed by atoms with van der Waals surface area (Å²) in [4.78, 5) is 4.26. The van der Waals surface area contributed by atoms with Crippen LogP contribution in [0.3, 0.4) is 0 Å². The number of phenols is 1. The summed E-state index contributed by atoms with van der Waals surface area (Å²) in [6.07, 6.45) is 3.78. The Morgan fingerprint density at radius 1 is 1.29 bits per heavy atom. The van der Waals surface area contributed by atoms with Gasteiger partial charge in [-0.25, -0.2) is 4.98 Å². The molecule has 1 heterocycles. The van der Waals surface area contributed by atoms with Crippen LogP contribution in [0.15, 0.2) is 36.8 Å². The van der Waals surface area contributed by atoms with Crippen LogP contribution >= 0.6 is 0 Å². The Bertz CT molecular complexity index is 474. The second-order valence-electron chi connectivity index (χ2n) is 4.19. The van der Waals surface area contributed by atoms with E-state index in [1.54, 1.807) is 30.6 Å². The summed E-state index contributed by atoms with van der Waals surface area (Å²) < 4.78 is 7.59. The fourth-order valence-corrected chi connectivity index (χ4v) is 1.44. The molecule has 0 unspecified atom stereocenters. The van der Waals surface area contributed by atoms with Crippen LogP contribution < -0.4 is 4.74 Å². The molecule has 0 aliphatic rings. The molecule has 2 aromatic rings. The van der Waals surface area contributed by atoms with Crippen LogP contribution in [-0.4, -0.2) is 14.7 Å². The summed E-state index contributed by atoms with van der Waals surface area (Å²) >= 11 is 0. The first-order chi connectivity index (χ1) is 8.15. The fraction of sp³-hybridized carbons (Fsp3) is 0.308. The zero-order chi connectivity index (χ0) is 12.3. The molecule has 0 fully saturated rings. The van der Waals surface area contributed by atoms with Crippen molar-refractivity contribution in [1.29, 1.82) is 0 Å². The quantitative estimate of drug-likeness (QED) is 0.881. The van der Waals surface area contributed by atoms with Gasteiger partial charge in [-0.1, -0.05) is 0 Å². The maximum Gasteiger partial charge on any atom is 0.132 e. The molecule has 0 saturated carbocycles. The number of hydrogen-bond donors (Lipinski definition) is 1. The number of benzene rings is 1. The molecule has 0 aliphatic heterocycles. The Labute approximate surface area is 100 Å². The van der Waals surface area contributed by atoms with Crippen LogP contribution in [0.1, 0.15) is 25.6 Å². The Morgan fingerprint density at radius 2 is 2.00 bits per heavy atom. The van der Waals surface area contributed by atoms with Gasteiger partial charge in [0.05, 0.1) is 12.0 Å². The number of nitrogens with zero attached hydrogens (tertiary/aromatic N) is 2. The second kappa shape index (κ2) is 4.91. The minimum absolute atomic E-state index is 0.237. The molecular formula is C13H16N2O2. The van der Waals surface area contributed by atoms with Gasteiger partial charge in [-0.2, -0.15) is 0 Å². The van der Waals surface area contributed by atoms with Crippen molar-refractivity contribution in [1.82, 2.24) is 9.55 Å². The van der Waals surface area contributed by atoms with Crippen LogP contribution in [0.25, 0.3) is 0 Å². The lowest BCUT2D eigenvalue weighted by atomic mass is 10.3. The molecule has 1 aromatic carbocycles. The van der Waals surface area contributed by atoms with Crippen molar-refractivity contribution in [2.45, 2.75) is 26.5 Å². The number of phenolic OH excluding ortho intramolecular Hbond substituents is 1. The number of hydrogen-bond acceptors (Lipinski definition) is 3. The third kappa shape index (κ3) is 3.00. The van der Waals surface area contributed by atoms with Gasteiger partial charge < -0.3 is 14.4 Å². The van der Waals surface area contributed by atoms with Gasteiger partial charge in [-0.05, 0) is 38.1 Å². The molecule has 4 nitrogen and oxygen atoms in total. The molecule has 0 spiro atoms. The van der Waals surface area contributed by atoms with Gasteiger partial charge in [0.15, 0.2) is 0 Å². The van der Waals surface area contributed by atoms with Crippen molar-refractivity contribution in [2.24, 2.45) is 0 Å². The van der Waals surface area contributed by atoms with Crippen LogP contribution in [0, 0.1) is 0 Å². The van der Waals surface area contributed by atoms with Gasteiger partial charge in [-0.3, -0.25) is 0 Å². The molecule has 17 heavy (non-hydrogen) atoms. The molecule has 0 radical (unpaired) electrons. The van der Waals surface area contributed by atoms with Gasteiger partial charge in [0.25, 0.3) is 0 Å². The maximum absolute atomic E-state index is 9.14. The van der Waals surface area contributed by atoms with Crippen molar-refractivity contribution in [2.75, 3.05) is 0 Å². The van der Waals surface area contributed by atoms with E-state index in [9.17, 15) is 0 Å².